The predicted octanol–water partition coefficient (Wildman–Crippen LogP) is 5.80. The molecule has 0 atom stereocenters. The average Bonchev–Trinajstić information content (AvgIpc) is 3.17. The number of hydrogen-bond acceptors (Lipinski definition) is 3. The van der Waals surface area contributed by atoms with E-state index in [0.29, 0.717) is 15.4 Å². The van der Waals surface area contributed by atoms with Gasteiger partial charge in [-0.2, -0.15) is 18.3 Å². The van der Waals surface area contributed by atoms with Gasteiger partial charge in [-0.15, -0.1) is 0 Å². The SMILES string of the molecule is CCC(=O)Nc1ccc(Cl)c(NC(=O)c2cnn(-c3ccc(Cl)cc3)c2C(F)(F)F)c1. The molecule has 6 nitrogen and oxygen atoms in total. The Morgan fingerprint density at radius 2 is 1.74 bits per heavy atom. The normalized spacial score (nSPS) is 11.3. The number of halogens is 5. The Morgan fingerprint density at radius 1 is 1.06 bits per heavy atom. The lowest BCUT2D eigenvalue weighted by Gasteiger charge is -2.14. The molecule has 0 saturated carbocycles. The summed E-state index contributed by atoms with van der Waals surface area (Å²) in [7, 11) is 0. The highest BCUT2D eigenvalue weighted by molar-refractivity contribution is 6.34. The lowest BCUT2D eigenvalue weighted by Crippen LogP contribution is -2.21. The van der Waals surface area contributed by atoms with E-state index in [1.54, 1.807) is 6.92 Å². The summed E-state index contributed by atoms with van der Waals surface area (Å²) in [4.78, 5) is 24.2. The van der Waals surface area contributed by atoms with E-state index in [1.165, 1.54) is 42.5 Å². The first-order chi connectivity index (χ1) is 14.6. The van der Waals surface area contributed by atoms with Gasteiger partial charge in [0.25, 0.3) is 5.91 Å². The number of carbonyl (C=O) groups is 2. The molecule has 0 aliphatic rings. The Labute approximate surface area is 185 Å². The predicted molar refractivity (Wildman–Crippen MR) is 112 cm³/mol. The number of nitrogens with one attached hydrogen (secondary N) is 2. The topological polar surface area (TPSA) is 76.0 Å². The summed E-state index contributed by atoms with van der Waals surface area (Å²) >= 11 is 11.8. The lowest BCUT2D eigenvalue weighted by atomic mass is 10.2. The summed E-state index contributed by atoms with van der Waals surface area (Å²) in [6.07, 6.45) is -3.82. The molecular weight excluding hydrogens is 456 g/mol. The summed E-state index contributed by atoms with van der Waals surface area (Å²) < 4.78 is 42.0. The Kier molecular flexibility index (Phi) is 6.56. The molecule has 0 aliphatic heterocycles. The minimum absolute atomic E-state index is 0.0351. The average molecular weight is 471 g/mol. The molecule has 1 heterocycles. The van der Waals surface area contributed by atoms with Gasteiger partial charge in [0.1, 0.15) is 0 Å². The van der Waals surface area contributed by atoms with Gasteiger partial charge in [0.05, 0.1) is 28.2 Å². The third kappa shape index (κ3) is 5.18. The Balaban J connectivity index is 1.96. The van der Waals surface area contributed by atoms with Crippen molar-refractivity contribution in [3.63, 3.8) is 0 Å². The van der Waals surface area contributed by atoms with E-state index in [-0.39, 0.29) is 28.7 Å². The number of carbonyl (C=O) groups excluding carboxylic acids is 2. The number of rotatable bonds is 5. The highest BCUT2D eigenvalue weighted by Gasteiger charge is 2.40. The minimum atomic E-state index is -4.87. The molecule has 11 heteroatoms. The molecule has 2 N–H and O–H groups in total. The van der Waals surface area contributed by atoms with Crippen molar-refractivity contribution < 1.29 is 22.8 Å². The molecule has 0 radical (unpaired) electrons. The molecule has 31 heavy (non-hydrogen) atoms. The first-order valence-corrected chi connectivity index (χ1v) is 9.67. The zero-order valence-electron chi connectivity index (χ0n) is 15.9. The maximum Gasteiger partial charge on any atom is 0.434 e. The number of amides is 2. The molecule has 3 aromatic rings. The fourth-order valence-electron chi connectivity index (χ4n) is 2.70. The minimum Gasteiger partial charge on any atom is -0.326 e. The molecule has 0 aliphatic carbocycles. The van der Waals surface area contributed by atoms with E-state index < -0.39 is 23.3 Å². The van der Waals surface area contributed by atoms with Gasteiger partial charge in [0, 0.05) is 17.1 Å². The van der Waals surface area contributed by atoms with Crippen LogP contribution in [-0.2, 0) is 11.0 Å². The van der Waals surface area contributed by atoms with E-state index in [1.807, 2.05) is 0 Å². The second-order valence-corrected chi connectivity index (χ2v) is 7.19. The van der Waals surface area contributed by atoms with Crippen molar-refractivity contribution in [2.45, 2.75) is 19.5 Å². The van der Waals surface area contributed by atoms with Crippen LogP contribution in [0.4, 0.5) is 24.5 Å². The second-order valence-electron chi connectivity index (χ2n) is 6.34. The van der Waals surface area contributed by atoms with Crippen LogP contribution in [0.3, 0.4) is 0 Å². The van der Waals surface area contributed by atoms with Crippen molar-refractivity contribution in [3.8, 4) is 5.69 Å². The van der Waals surface area contributed by atoms with Crippen molar-refractivity contribution in [2.75, 3.05) is 10.6 Å². The Morgan fingerprint density at radius 3 is 2.35 bits per heavy atom. The van der Waals surface area contributed by atoms with Crippen molar-refractivity contribution in [1.82, 2.24) is 9.78 Å². The molecule has 2 aromatic carbocycles. The van der Waals surface area contributed by atoms with Crippen LogP contribution < -0.4 is 10.6 Å². The Bertz CT molecular complexity index is 1130. The molecule has 0 unspecified atom stereocenters. The highest BCUT2D eigenvalue weighted by Crippen LogP contribution is 2.35. The zero-order chi connectivity index (χ0) is 22.8. The molecule has 3 rings (SSSR count). The van der Waals surface area contributed by atoms with Crippen LogP contribution in [0.25, 0.3) is 5.69 Å². The number of alkyl halides is 3. The third-order valence-electron chi connectivity index (χ3n) is 4.17. The van der Waals surface area contributed by atoms with Gasteiger partial charge in [-0.05, 0) is 42.5 Å². The first-order valence-electron chi connectivity index (χ1n) is 8.92. The molecule has 0 fully saturated rings. The van der Waals surface area contributed by atoms with Gasteiger partial charge in [-0.3, -0.25) is 9.59 Å². The van der Waals surface area contributed by atoms with Crippen molar-refractivity contribution in [1.29, 1.82) is 0 Å². The van der Waals surface area contributed by atoms with Crippen LogP contribution in [0.2, 0.25) is 10.0 Å². The standard InChI is InChI=1S/C20H15Cl2F3N4O2/c1-2-17(30)27-12-5-8-15(22)16(9-12)28-19(31)14-10-26-29(18(14)20(23,24)25)13-6-3-11(21)4-7-13/h3-10H,2H2,1H3,(H,27,30)(H,28,31). The molecule has 0 bridgehead atoms. The fraction of sp³-hybridized carbons (Fsp3) is 0.150. The van der Waals surface area contributed by atoms with Crippen LogP contribution in [-0.4, -0.2) is 21.6 Å². The maximum absolute atomic E-state index is 13.8. The fourth-order valence-corrected chi connectivity index (χ4v) is 2.99. The van der Waals surface area contributed by atoms with E-state index >= 15 is 0 Å². The number of anilines is 2. The summed E-state index contributed by atoms with van der Waals surface area (Å²) in [5, 5.41) is 9.09. The van der Waals surface area contributed by atoms with Crippen molar-refractivity contribution >= 4 is 46.4 Å². The number of hydrogen-bond donors (Lipinski definition) is 2. The summed E-state index contributed by atoms with van der Waals surface area (Å²) in [6, 6.07) is 9.79. The molecule has 162 valence electrons. The maximum atomic E-state index is 13.8. The van der Waals surface area contributed by atoms with Gasteiger partial charge >= 0.3 is 6.18 Å². The summed E-state index contributed by atoms with van der Waals surface area (Å²) in [6.45, 7) is 1.66. The van der Waals surface area contributed by atoms with Crippen LogP contribution in [0.5, 0.6) is 0 Å². The number of aromatic nitrogens is 2. The highest BCUT2D eigenvalue weighted by atomic mass is 35.5. The van der Waals surface area contributed by atoms with E-state index in [9.17, 15) is 22.8 Å². The van der Waals surface area contributed by atoms with Gasteiger partial charge in [0.15, 0.2) is 5.69 Å². The third-order valence-corrected chi connectivity index (χ3v) is 4.75. The lowest BCUT2D eigenvalue weighted by molar-refractivity contribution is -0.143. The van der Waals surface area contributed by atoms with Gasteiger partial charge in [-0.1, -0.05) is 30.1 Å². The molecular formula is C20H15Cl2F3N4O2. The summed E-state index contributed by atoms with van der Waals surface area (Å²) in [5.41, 5.74) is -1.49. The number of benzene rings is 2. The zero-order valence-corrected chi connectivity index (χ0v) is 17.4. The van der Waals surface area contributed by atoms with Crippen molar-refractivity contribution in [3.05, 3.63) is 70.0 Å². The monoisotopic (exact) mass is 470 g/mol. The molecule has 0 spiro atoms. The second kappa shape index (κ2) is 8.99. The quantitative estimate of drug-likeness (QED) is 0.494. The number of nitrogens with zero attached hydrogens (tertiary/aromatic N) is 2. The van der Waals surface area contributed by atoms with Crippen LogP contribution in [0.1, 0.15) is 29.4 Å². The van der Waals surface area contributed by atoms with E-state index in [0.717, 1.165) is 6.20 Å². The van der Waals surface area contributed by atoms with Crippen LogP contribution >= 0.6 is 23.2 Å². The van der Waals surface area contributed by atoms with Crippen LogP contribution in [0, 0.1) is 0 Å². The van der Waals surface area contributed by atoms with E-state index in [4.69, 9.17) is 23.2 Å². The van der Waals surface area contributed by atoms with Gasteiger partial charge in [-0.25, -0.2) is 4.68 Å². The molecule has 1 aromatic heterocycles. The summed E-state index contributed by atoms with van der Waals surface area (Å²) in [5.74, 6) is -1.34. The van der Waals surface area contributed by atoms with Crippen LogP contribution in [0.15, 0.2) is 48.7 Å². The largest absolute Gasteiger partial charge is 0.434 e. The smallest absolute Gasteiger partial charge is 0.326 e. The molecule has 2 amide bonds. The van der Waals surface area contributed by atoms with Gasteiger partial charge in [0.2, 0.25) is 5.91 Å². The van der Waals surface area contributed by atoms with Crippen molar-refractivity contribution in [2.24, 2.45) is 0 Å². The first kappa shape index (κ1) is 22.6. The van der Waals surface area contributed by atoms with Gasteiger partial charge < -0.3 is 10.6 Å². The molecule has 0 saturated heterocycles. The Hall–Kier alpha value is -3.04. The van der Waals surface area contributed by atoms with E-state index in [2.05, 4.69) is 15.7 Å².